The second-order valence-corrected chi connectivity index (χ2v) is 5.72. The maximum Gasteiger partial charge on any atom is 0.167 e. The number of ketones is 1. The molecule has 2 heterocycles. The molecule has 1 unspecified atom stereocenters. The second kappa shape index (κ2) is 5.87. The standard InChI is InChI=1S/C15H22N2O2/c18-14(15-7-4-10-19-15)11-12-8-9-17(16-12)13-5-2-1-3-6-13/h8-9,13,15H,1-7,10-11H2. The van der Waals surface area contributed by atoms with Crippen LogP contribution in [0.2, 0.25) is 0 Å². The maximum atomic E-state index is 12.0. The van der Waals surface area contributed by atoms with Crippen LogP contribution in [0.5, 0.6) is 0 Å². The Kier molecular flexibility index (Phi) is 3.97. The normalized spacial score (nSPS) is 24.7. The second-order valence-electron chi connectivity index (χ2n) is 5.72. The predicted molar refractivity (Wildman–Crippen MR) is 72.0 cm³/mol. The van der Waals surface area contributed by atoms with E-state index in [1.165, 1.54) is 32.1 Å². The third kappa shape index (κ3) is 3.06. The number of aromatic nitrogens is 2. The number of hydrogen-bond acceptors (Lipinski definition) is 3. The SMILES string of the molecule is O=C(Cc1ccn(C2CCCCC2)n1)C1CCCO1. The van der Waals surface area contributed by atoms with E-state index in [2.05, 4.69) is 9.78 Å². The Labute approximate surface area is 114 Å². The van der Waals surface area contributed by atoms with Gasteiger partial charge in [-0.15, -0.1) is 0 Å². The summed E-state index contributed by atoms with van der Waals surface area (Å²) in [6.45, 7) is 0.729. The van der Waals surface area contributed by atoms with Crippen LogP contribution in [0.4, 0.5) is 0 Å². The van der Waals surface area contributed by atoms with Gasteiger partial charge < -0.3 is 4.74 Å². The summed E-state index contributed by atoms with van der Waals surface area (Å²) in [6.07, 6.45) is 10.6. The molecule has 1 saturated heterocycles. The van der Waals surface area contributed by atoms with Crippen LogP contribution in [0.3, 0.4) is 0 Å². The zero-order valence-corrected chi connectivity index (χ0v) is 11.4. The lowest BCUT2D eigenvalue weighted by atomic mass is 9.96. The van der Waals surface area contributed by atoms with Crippen LogP contribution in [-0.2, 0) is 16.0 Å². The first-order valence-corrected chi connectivity index (χ1v) is 7.51. The molecular formula is C15H22N2O2. The topological polar surface area (TPSA) is 44.1 Å². The molecule has 0 aromatic carbocycles. The predicted octanol–water partition coefficient (Wildman–Crippen LogP) is 2.68. The average Bonchev–Trinajstić information content (AvgIpc) is 3.11. The molecule has 1 aromatic heterocycles. The summed E-state index contributed by atoms with van der Waals surface area (Å²) >= 11 is 0. The fourth-order valence-corrected chi connectivity index (χ4v) is 3.14. The van der Waals surface area contributed by atoms with E-state index in [4.69, 9.17) is 4.74 Å². The number of Topliss-reactive ketones (excluding diaryl/α,β-unsaturated/α-hetero) is 1. The van der Waals surface area contributed by atoms with Crippen LogP contribution in [-0.4, -0.2) is 28.3 Å². The monoisotopic (exact) mass is 262 g/mol. The van der Waals surface area contributed by atoms with Gasteiger partial charge in [0.15, 0.2) is 5.78 Å². The van der Waals surface area contributed by atoms with Crippen molar-refractivity contribution in [3.05, 3.63) is 18.0 Å². The van der Waals surface area contributed by atoms with Gasteiger partial charge in [-0.25, -0.2) is 0 Å². The molecule has 1 aromatic rings. The van der Waals surface area contributed by atoms with Crippen molar-refractivity contribution in [3.8, 4) is 0 Å². The van der Waals surface area contributed by atoms with Crippen LogP contribution in [0, 0.1) is 0 Å². The van der Waals surface area contributed by atoms with Crippen LogP contribution < -0.4 is 0 Å². The third-order valence-corrected chi connectivity index (χ3v) is 4.26. The van der Waals surface area contributed by atoms with Gasteiger partial charge in [0.25, 0.3) is 0 Å². The lowest BCUT2D eigenvalue weighted by Gasteiger charge is -2.21. The van der Waals surface area contributed by atoms with E-state index in [1.54, 1.807) is 0 Å². The minimum Gasteiger partial charge on any atom is -0.370 e. The summed E-state index contributed by atoms with van der Waals surface area (Å²) in [5.74, 6) is 0.186. The number of carbonyl (C=O) groups excluding carboxylic acids is 1. The number of ether oxygens (including phenoxy) is 1. The number of carbonyl (C=O) groups is 1. The van der Waals surface area contributed by atoms with Gasteiger partial charge in [-0.05, 0) is 31.7 Å². The van der Waals surface area contributed by atoms with Crippen molar-refractivity contribution in [3.63, 3.8) is 0 Å². The molecule has 1 atom stereocenters. The Morgan fingerprint density at radius 1 is 1.26 bits per heavy atom. The summed E-state index contributed by atoms with van der Waals surface area (Å²) in [4.78, 5) is 12.0. The highest BCUT2D eigenvalue weighted by Gasteiger charge is 2.24. The summed E-state index contributed by atoms with van der Waals surface area (Å²) < 4.78 is 7.49. The fraction of sp³-hybridized carbons (Fsp3) is 0.733. The van der Waals surface area contributed by atoms with E-state index < -0.39 is 0 Å². The first kappa shape index (κ1) is 12.9. The molecule has 0 amide bonds. The molecule has 0 bridgehead atoms. The van der Waals surface area contributed by atoms with Crippen LogP contribution in [0.1, 0.15) is 56.7 Å². The smallest absolute Gasteiger partial charge is 0.167 e. The molecule has 2 aliphatic rings. The van der Waals surface area contributed by atoms with E-state index >= 15 is 0 Å². The van der Waals surface area contributed by atoms with Crippen molar-refractivity contribution in [1.82, 2.24) is 9.78 Å². The molecule has 1 aliphatic carbocycles. The maximum absolute atomic E-state index is 12.0. The first-order valence-electron chi connectivity index (χ1n) is 7.51. The van der Waals surface area contributed by atoms with Gasteiger partial charge in [-0.1, -0.05) is 19.3 Å². The molecule has 19 heavy (non-hydrogen) atoms. The van der Waals surface area contributed by atoms with Gasteiger partial charge in [-0.3, -0.25) is 9.48 Å². The zero-order chi connectivity index (χ0) is 13.1. The minimum atomic E-state index is -0.181. The Morgan fingerprint density at radius 2 is 2.11 bits per heavy atom. The number of hydrogen-bond donors (Lipinski definition) is 0. The Hall–Kier alpha value is -1.16. The van der Waals surface area contributed by atoms with E-state index in [0.717, 1.165) is 25.1 Å². The highest BCUT2D eigenvalue weighted by atomic mass is 16.5. The van der Waals surface area contributed by atoms with Crippen LogP contribution >= 0.6 is 0 Å². The molecule has 3 rings (SSSR count). The van der Waals surface area contributed by atoms with E-state index in [0.29, 0.717) is 12.5 Å². The molecule has 0 N–H and O–H groups in total. The van der Waals surface area contributed by atoms with Crippen molar-refractivity contribution < 1.29 is 9.53 Å². The molecular weight excluding hydrogens is 240 g/mol. The number of nitrogens with zero attached hydrogens (tertiary/aromatic N) is 2. The summed E-state index contributed by atoms with van der Waals surface area (Å²) in [7, 11) is 0. The average molecular weight is 262 g/mol. The summed E-state index contributed by atoms with van der Waals surface area (Å²) in [6, 6.07) is 2.53. The molecule has 0 radical (unpaired) electrons. The fourth-order valence-electron chi connectivity index (χ4n) is 3.14. The van der Waals surface area contributed by atoms with E-state index in [-0.39, 0.29) is 11.9 Å². The van der Waals surface area contributed by atoms with Crippen molar-refractivity contribution >= 4 is 5.78 Å². The molecule has 1 saturated carbocycles. The molecule has 2 fully saturated rings. The Bertz CT molecular complexity index is 429. The van der Waals surface area contributed by atoms with Gasteiger partial charge in [0, 0.05) is 12.8 Å². The lowest BCUT2D eigenvalue weighted by Crippen LogP contribution is -2.21. The molecule has 0 spiro atoms. The van der Waals surface area contributed by atoms with Gasteiger partial charge >= 0.3 is 0 Å². The molecule has 4 heteroatoms. The van der Waals surface area contributed by atoms with Crippen molar-refractivity contribution in [2.45, 2.75) is 63.5 Å². The lowest BCUT2D eigenvalue weighted by molar-refractivity contribution is -0.127. The number of rotatable bonds is 4. The largest absolute Gasteiger partial charge is 0.370 e. The molecule has 1 aliphatic heterocycles. The molecule has 4 nitrogen and oxygen atoms in total. The third-order valence-electron chi connectivity index (χ3n) is 4.26. The minimum absolute atomic E-state index is 0.181. The first-order chi connectivity index (χ1) is 9.33. The van der Waals surface area contributed by atoms with E-state index in [1.807, 2.05) is 12.3 Å². The van der Waals surface area contributed by atoms with Gasteiger partial charge in [0.1, 0.15) is 6.10 Å². The van der Waals surface area contributed by atoms with Crippen LogP contribution in [0.15, 0.2) is 12.3 Å². The Balaban J connectivity index is 1.59. The highest BCUT2D eigenvalue weighted by Crippen LogP contribution is 2.27. The van der Waals surface area contributed by atoms with Crippen molar-refractivity contribution in [2.24, 2.45) is 0 Å². The van der Waals surface area contributed by atoms with Gasteiger partial charge in [0.05, 0.1) is 18.2 Å². The van der Waals surface area contributed by atoms with E-state index in [9.17, 15) is 4.79 Å². The summed E-state index contributed by atoms with van der Waals surface area (Å²) in [5.41, 5.74) is 0.895. The molecule has 104 valence electrons. The van der Waals surface area contributed by atoms with Gasteiger partial charge in [-0.2, -0.15) is 5.10 Å². The van der Waals surface area contributed by atoms with Crippen LogP contribution in [0.25, 0.3) is 0 Å². The highest BCUT2D eigenvalue weighted by molar-refractivity contribution is 5.85. The van der Waals surface area contributed by atoms with Crippen molar-refractivity contribution in [1.29, 1.82) is 0 Å². The quantitative estimate of drug-likeness (QED) is 0.838. The zero-order valence-electron chi connectivity index (χ0n) is 11.4. The Morgan fingerprint density at radius 3 is 2.84 bits per heavy atom. The summed E-state index contributed by atoms with van der Waals surface area (Å²) in [5, 5.41) is 4.59. The van der Waals surface area contributed by atoms with Gasteiger partial charge in [0.2, 0.25) is 0 Å². The van der Waals surface area contributed by atoms with Crippen molar-refractivity contribution in [2.75, 3.05) is 6.61 Å².